The summed E-state index contributed by atoms with van der Waals surface area (Å²) in [6, 6.07) is 1.63. The Morgan fingerprint density at radius 1 is 1.73 bits per heavy atom. The molecule has 0 aliphatic heterocycles. The van der Waals surface area contributed by atoms with Crippen LogP contribution >= 0.6 is 23.4 Å². The third-order valence-electron chi connectivity index (χ3n) is 1.50. The Kier molecular flexibility index (Phi) is 4.47. The number of hydrogen-bond acceptors (Lipinski definition) is 4. The number of nitrogen functional groups attached to an aromatic ring is 1. The first-order valence-electron chi connectivity index (χ1n) is 4.13. The number of thioether (sulfide) groups is 1. The van der Waals surface area contributed by atoms with Gasteiger partial charge in [-0.05, 0) is 6.07 Å². The monoisotopic (exact) mass is 240 g/mol. The number of anilines is 1. The molecule has 0 saturated heterocycles. The van der Waals surface area contributed by atoms with E-state index in [1.165, 1.54) is 13.1 Å². The lowest BCUT2D eigenvalue weighted by atomic mass is 10.2. The maximum atomic E-state index is 10.6. The van der Waals surface area contributed by atoms with Gasteiger partial charge in [0.1, 0.15) is 5.15 Å². The largest absolute Gasteiger partial charge is 0.398 e. The Bertz CT molecular complexity index is 417. The first-order chi connectivity index (χ1) is 7.11. The predicted octanol–water partition coefficient (Wildman–Crippen LogP) is 1.95. The van der Waals surface area contributed by atoms with Crippen LogP contribution in [-0.4, -0.2) is 15.9 Å². The van der Waals surface area contributed by atoms with Gasteiger partial charge in [-0.1, -0.05) is 35.2 Å². The fourth-order valence-corrected chi connectivity index (χ4v) is 1.40. The summed E-state index contributed by atoms with van der Waals surface area (Å²) in [6.07, 6.45) is 1.52. The van der Waals surface area contributed by atoms with Gasteiger partial charge in [0, 0.05) is 13.1 Å². The number of carbonyl (C=O) groups excluding carboxylic acids is 1. The third kappa shape index (κ3) is 3.82. The second kappa shape index (κ2) is 5.64. The third-order valence-corrected chi connectivity index (χ3v) is 2.48. The second-order valence-electron chi connectivity index (χ2n) is 2.65. The smallest absolute Gasteiger partial charge is 0.186 e. The van der Waals surface area contributed by atoms with Gasteiger partial charge in [-0.15, -0.1) is 0 Å². The van der Waals surface area contributed by atoms with Gasteiger partial charge < -0.3 is 5.73 Å². The first kappa shape index (κ1) is 11.9. The average molecular weight is 241 g/mol. The van der Waals surface area contributed by atoms with Gasteiger partial charge in [0.25, 0.3) is 0 Å². The molecule has 0 amide bonds. The van der Waals surface area contributed by atoms with Crippen molar-refractivity contribution in [2.24, 2.45) is 0 Å². The lowest BCUT2D eigenvalue weighted by Crippen LogP contribution is -1.92. The molecule has 1 aromatic heterocycles. The topological polar surface area (TPSA) is 56.0 Å². The highest BCUT2D eigenvalue weighted by atomic mass is 35.5. The van der Waals surface area contributed by atoms with Gasteiger partial charge in [0.15, 0.2) is 5.12 Å². The highest BCUT2D eigenvalue weighted by Gasteiger charge is 2.01. The van der Waals surface area contributed by atoms with Crippen molar-refractivity contribution in [1.29, 1.82) is 0 Å². The molecular weight excluding hydrogens is 232 g/mol. The van der Waals surface area contributed by atoms with Crippen LogP contribution in [0.25, 0.3) is 0 Å². The zero-order valence-corrected chi connectivity index (χ0v) is 9.65. The van der Waals surface area contributed by atoms with Crippen LogP contribution in [0.3, 0.4) is 0 Å². The fraction of sp³-hybridized carbons (Fsp3) is 0.200. The molecule has 1 aromatic rings. The summed E-state index contributed by atoms with van der Waals surface area (Å²) in [7, 11) is 0. The molecule has 3 nitrogen and oxygen atoms in total. The number of nitrogens with two attached hydrogens (primary N) is 1. The van der Waals surface area contributed by atoms with Crippen molar-refractivity contribution in [3.05, 3.63) is 23.0 Å². The zero-order chi connectivity index (χ0) is 11.3. The van der Waals surface area contributed by atoms with Gasteiger partial charge >= 0.3 is 0 Å². The highest BCUT2D eigenvalue weighted by molar-refractivity contribution is 8.13. The molecule has 0 radical (unpaired) electrons. The summed E-state index contributed by atoms with van der Waals surface area (Å²) in [5.74, 6) is 6.03. The van der Waals surface area contributed by atoms with E-state index in [4.69, 9.17) is 17.3 Å². The minimum atomic E-state index is 0.0366. The van der Waals surface area contributed by atoms with Crippen LogP contribution in [0.2, 0.25) is 5.15 Å². The van der Waals surface area contributed by atoms with Gasteiger partial charge in [-0.3, -0.25) is 4.79 Å². The molecule has 78 valence electrons. The summed E-state index contributed by atoms with van der Waals surface area (Å²) < 4.78 is 0. The molecule has 0 spiro atoms. The van der Waals surface area contributed by atoms with Crippen molar-refractivity contribution in [3.8, 4) is 11.8 Å². The molecule has 0 unspecified atom stereocenters. The maximum Gasteiger partial charge on any atom is 0.186 e. The molecule has 0 aliphatic rings. The zero-order valence-electron chi connectivity index (χ0n) is 8.08. The maximum absolute atomic E-state index is 10.6. The second-order valence-corrected chi connectivity index (χ2v) is 4.16. The molecule has 0 atom stereocenters. The van der Waals surface area contributed by atoms with Gasteiger partial charge in [0.05, 0.1) is 17.0 Å². The normalized spacial score (nSPS) is 9.20. The standard InChI is InChI=1S/C10H9ClN2OS/c1-7(14)15-6-2-3-8-9(12)4-5-13-10(8)11/h4-5H,6H2,1H3,(H2,12,13). The molecular formula is C10H9ClN2OS. The molecule has 5 heteroatoms. The van der Waals surface area contributed by atoms with Crippen LogP contribution < -0.4 is 5.73 Å². The molecule has 1 heterocycles. The van der Waals surface area contributed by atoms with Crippen LogP contribution in [0.4, 0.5) is 5.69 Å². The number of rotatable bonds is 1. The minimum Gasteiger partial charge on any atom is -0.398 e. The molecule has 0 bridgehead atoms. The van der Waals surface area contributed by atoms with Crippen LogP contribution in [-0.2, 0) is 4.79 Å². The summed E-state index contributed by atoms with van der Waals surface area (Å²) in [4.78, 5) is 14.5. The number of pyridine rings is 1. The minimum absolute atomic E-state index is 0.0366. The number of halogens is 1. The van der Waals surface area contributed by atoms with Crippen molar-refractivity contribution >= 4 is 34.2 Å². The molecule has 2 N–H and O–H groups in total. The van der Waals surface area contributed by atoms with E-state index in [0.717, 1.165) is 11.8 Å². The van der Waals surface area contributed by atoms with Crippen molar-refractivity contribution < 1.29 is 4.79 Å². The Morgan fingerprint density at radius 3 is 3.07 bits per heavy atom. The fourth-order valence-electron chi connectivity index (χ4n) is 0.836. The van der Waals surface area contributed by atoms with E-state index in [1.807, 2.05) is 0 Å². The van der Waals surface area contributed by atoms with Crippen LogP contribution in [0.1, 0.15) is 12.5 Å². The van der Waals surface area contributed by atoms with E-state index >= 15 is 0 Å². The lowest BCUT2D eigenvalue weighted by molar-refractivity contribution is -0.109. The molecule has 0 aromatic carbocycles. The summed E-state index contributed by atoms with van der Waals surface area (Å²) >= 11 is 6.95. The number of aromatic nitrogens is 1. The van der Waals surface area contributed by atoms with Gasteiger partial charge in [-0.2, -0.15) is 0 Å². The van der Waals surface area contributed by atoms with Crippen LogP contribution in [0, 0.1) is 11.8 Å². The summed E-state index contributed by atoms with van der Waals surface area (Å²) in [5, 5.41) is 0.324. The number of carbonyl (C=O) groups is 1. The first-order valence-corrected chi connectivity index (χ1v) is 5.50. The predicted molar refractivity (Wildman–Crippen MR) is 63.7 cm³/mol. The highest BCUT2D eigenvalue weighted by Crippen LogP contribution is 2.17. The van der Waals surface area contributed by atoms with Crippen molar-refractivity contribution in [2.45, 2.75) is 6.92 Å². The van der Waals surface area contributed by atoms with E-state index in [2.05, 4.69) is 16.8 Å². The van der Waals surface area contributed by atoms with E-state index in [1.54, 1.807) is 6.07 Å². The Labute approximate surface area is 97.4 Å². The van der Waals surface area contributed by atoms with E-state index in [9.17, 15) is 4.79 Å². The molecule has 1 rings (SSSR count). The van der Waals surface area contributed by atoms with E-state index in [0.29, 0.717) is 17.0 Å². The molecule has 15 heavy (non-hydrogen) atoms. The average Bonchev–Trinajstić information content (AvgIpc) is 2.15. The molecule has 0 saturated carbocycles. The van der Waals surface area contributed by atoms with Crippen molar-refractivity contribution in [3.63, 3.8) is 0 Å². The Morgan fingerprint density at radius 2 is 2.47 bits per heavy atom. The van der Waals surface area contributed by atoms with E-state index < -0.39 is 0 Å². The lowest BCUT2D eigenvalue weighted by Gasteiger charge is -1.98. The quantitative estimate of drug-likeness (QED) is 0.602. The van der Waals surface area contributed by atoms with Crippen molar-refractivity contribution in [1.82, 2.24) is 4.98 Å². The summed E-state index contributed by atoms with van der Waals surface area (Å²) in [5.41, 5.74) is 6.68. The van der Waals surface area contributed by atoms with E-state index in [-0.39, 0.29) is 10.3 Å². The van der Waals surface area contributed by atoms with Gasteiger partial charge in [-0.25, -0.2) is 4.98 Å². The Hall–Kier alpha value is -1.18. The van der Waals surface area contributed by atoms with Crippen molar-refractivity contribution in [2.75, 3.05) is 11.5 Å². The van der Waals surface area contributed by atoms with Crippen LogP contribution in [0.5, 0.6) is 0 Å². The molecule has 0 aliphatic carbocycles. The number of hydrogen-bond donors (Lipinski definition) is 1. The Balaban J connectivity index is 2.75. The van der Waals surface area contributed by atoms with Crippen LogP contribution in [0.15, 0.2) is 12.3 Å². The SMILES string of the molecule is CC(=O)SCC#Cc1c(N)ccnc1Cl. The summed E-state index contributed by atoms with van der Waals surface area (Å²) in [6.45, 7) is 1.50. The molecule has 0 fully saturated rings. The van der Waals surface area contributed by atoms with Gasteiger partial charge in [0.2, 0.25) is 0 Å². The number of nitrogens with zero attached hydrogens (tertiary/aromatic N) is 1.